The van der Waals surface area contributed by atoms with Gasteiger partial charge in [-0.05, 0) is 27.7 Å². The van der Waals surface area contributed by atoms with Crippen molar-refractivity contribution in [1.29, 1.82) is 0 Å². The van der Waals surface area contributed by atoms with Crippen molar-refractivity contribution in [3.63, 3.8) is 0 Å². The zero-order valence-electron chi connectivity index (χ0n) is 14.1. The summed E-state index contributed by atoms with van der Waals surface area (Å²) in [6.07, 6.45) is 0. The lowest BCUT2D eigenvalue weighted by Gasteiger charge is -2.36. The molecule has 0 aliphatic carbocycles. The highest BCUT2D eigenvalue weighted by atomic mass is 16.6. The summed E-state index contributed by atoms with van der Waals surface area (Å²) in [4.78, 5) is 25.2. The fraction of sp³-hybridized carbons (Fsp3) is 0.556. The molecule has 0 N–H and O–H groups in total. The van der Waals surface area contributed by atoms with E-state index in [2.05, 4.69) is 0 Å². The second-order valence-electron chi connectivity index (χ2n) is 7.62. The molecule has 0 spiro atoms. The van der Waals surface area contributed by atoms with E-state index in [9.17, 15) is 9.59 Å². The topological polar surface area (TPSA) is 43.4 Å². The van der Waals surface area contributed by atoms with Gasteiger partial charge in [-0.15, -0.1) is 0 Å². The number of carbonyl (C=O) groups excluding carboxylic acids is 2. The van der Waals surface area contributed by atoms with Gasteiger partial charge in [0, 0.05) is 11.0 Å². The van der Waals surface area contributed by atoms with Crippen molar-refractivity contribution in [2.45, 2.75) is 54.1 Å². The van der Waals surface area contributed by atoms with Crippen LogP contribution in [0.25, 0.3) is 0 Å². The van der Waals surface area contributed by atoms with E-state index >= 15 is 0 Å². The number of esters is 1. The summed E-state index contributed by atoms with van der Waals surface area (Å²) in [6.45, 7) is 12.5. The molecule has 1 unspecified atom stereocenters. The Balaban J connectivity index is 3.31. The largest absolute Gasteiger partial charge is 0.446 e. The van der Waals surface area contributed by atoms with Crippen LogP contribution in [0.5, 0.6) is 0 Å². The van der Waals surface area contributed by atoms with Crippen LogP contribution < -0.4 is 0 Å². The van der Waals surface area contributed by atoms with Gasteiger partial charge in [0.1, 0.15) is 0 Å². The van der Waals surface area contributed by atoms with E-state index < -0.39 is 16.4 Å². The van der Waals surface area contributed by atoms with Crippen LogP contribution in [0.2, 0.25) is 0 Å². The van der Waals surface area contributed by atoms with Crippen molar-refractivity contribution in [1.82, 2.24) is 0 Å². The molecule has 1 rings (SSSR count). The Morgan fingerprint density at radius 2 is 1.29 bits per heavy atom. The minimum atomic E-state index is -1.27. The van der Waals surface area contributed by atoms with Crippen molar-refractivity contribution < 1.29 is 14.3 Å². The SMILES string of the molecule is CC(C)(C)C(=O)OC(C)(C(=O)C(C)(C)C)c1ccccc1. The van der Waals surface area contributed by atoms with Gasteiger partial charge in [-0.2, -0.15) is 0 Å². The summed E-state index contributed by atoms with van der Waals surface area (Å²) in [7, 11) is 0. The Labute approximate surface area is 127 Å². The second-order valence-corrected chi connectivity index (χ2v) is 7.62. The normalized spacial score (nSPS) is 15.2. The first kappa shape index (κ1) is 17.4. The first-order chi connectivity index (χ1) is 9.39. The molecule has 21 heavy (non-hydrogen) atoms. The summed E-state index contributed by atoms with van der Waals surface area (Å²) in [5.41, 5.74) is -1.84. The van der Waals surface area contributed by atoms with Crippen LogP contribution in [0.3, 0.4) is 0 Å². The van der Waals surface area contributed by atoms with Crippen LogP contribution in [0.15, 0.2) is 30.3 Å². The minimum Gasteiger partial charge on any atom is -0.446 e. The molecule has 1 aromatic rings. The fourth-order valence-electron chi connectivity index (χ4n) is 2.05. The maximum absolute atomic E-state index is 12.9. The average Bonchev–Trinajstić information content (AvgIpc) is 2.36. The first-order valence-corrected chi connectivity index (χ1v) is 7.23. The molecule has 0 aliphatic heterocycles. The zero-order valence-corrected chi connectivity index (χ0v) is 14.1. The van der Waals surface area contributed by atoms with E-state index in [4.69, 9.17) is 4.74 Å². The quantitative estimate of drug-likeness (QED) is 0.787. The van der Waals surface area contributed by atoms with Crippen molar-refractivity contribution >= 4 is 11.8 Å². The predicted molar refractivity (Wildman–Crippen MR) is 83.8 cm³/mol. The summed E-state index contributed by atoms with van der Waals surface area (Å²) in [6, 6.07) is 9.19. The molecule has 0 fully saturated rings. The molecule has 1 aromatic carbocycles. The van der Waals surface area contributed by atoms with E-state index in [0.29, 0.717) is 5.56 Å². The van der Waals surface area contributed by atoms with Crippen molar-refractivity contribution in [2.24, 2.45) is 10.8 Å². The molecular weight excluding hydrogens is 264 g/mol. The summed E-state index contributed by atoms with van der Waals surface area (Å²) < 4.78 is 5.69. The zero-order chi connectivity index (χ0) is 16.5. The molecule has 1 atom stereocenters. The molecule has 0 saturated heterocycles. The van der Waals surface area contributed by atoms with Crippen LogP contribution >= 0.6 is 0 Å². The highest BCUT2D eigenvalue weighted by molar-refractivity contribution is 5.94. The highest BCUT2D eigenvalue weighted by Gasteiger charge is 2.46. The second kappa shape index (κ2) is 5.63. The van der Waals surface area contributed by atoms with Crippen LogP contribution in [-0.2, 0) is 19.9 Å². The van der Waals surface area contributed by atoms with Gasteiger partial charge < -0.3 is 4.74 Å². The van der Waals surface area contributed by atoms with Gasteiger partial charge in [-0.25, -0.2) is 0 Å². The van der Waals surface area contributed by atoms with Gasteiger partial charge in [0.15, 0.2) is 11.4 Å². The number of Topliss-reactive ketones (excluding diaryl/α,β-unsaturated/α-hetero) is 1. The number of hydrogen-bond donors (Lipinski definition) is 0. The lowest BCUT2D eigenvalue weighted by Crippen LogP contribution is -2.46. The third-order valence-corrected chi connectivity index (χ3v) is 3.35. The predicted octanol–water partition coefficient (Wildman–Crippen LogP) is 4.11. The standard InChI is InChI=1S/C18H26O3/c1-16(2,3)14(19)18(7,13-11-9-8-10-12-13)21-15(20)17(4,5)6/h8-12H,1-7H3. The van der Waals surface area contributed by atoms with Crippen molar-refractivity contribution in [3.05, 3.63) is 35.9 Å². The van der Waals surface area contributed by atoms with Gasteiger partial charge in [-0.3, -0.25) is 9.59 Å². The van der Waals surface area contributed by atoms with Gasteiger partial charge in [0.25, 0.3) is 0 Å². The fourth-order valence-corrected chi connectivity index (χ4v) is 2.05. The highest BCUT2D eigenvalue weighted by Crippen LogP contribution is 2.36. The Hall–Kier alpha value is -1.64. The summed E-state index contributed by atoms with van der Waals surface area (Å²) in [5, 5.41) is 0. The number of ketones is 1. The number of benzene rings is 1. The van der Waals surface area contributed by atoms with Crippen LogP contribution in [0, 0.1) is 10.8 Å². The molecule has 0 heterocycles. The Morgan fingerprint density at radius 3 is 1.67 bits per heavy atom. The van der Waals surface area contributed by atoms with Gasteiger partial charge in [-0.1, -0.05) is 51.1 Å². The van der Waals surface area contributed by atoms with E-state index in [1.165, 1.54) is 0 Å². The lowest BCUT2D eigenvalue weighted by atomic mass is 9.77. The molecule has 0 bridgehead atoms. The first-order valence-electron chi connectivity index (χ1n) is 7.23. The van der Waals surface area contributed by atoms with Gasteiger partial charge in [0.05, 0.1) is 5.41 Å². The molecule has 0 aliphatic rings. The van der Waals surface area contributed by atoms with Crippen LogP contribution in [0.4, 0.5) is 0 Å². The molecule has 116 valence electrons. The Bertz CT molecular complexity index is 518. The average molecular weight is 290 g/mol. The van der Waals surface area contributed by atoms with E-state index in [1.54, 1.807) is 27.7 Å². The smallest absolute Gasteiger partial charge is 0.312 e. The van der Waals surface area contributed by atoms with Gasteiger partial charge >= 0.3 is 5.97 Å². The van der Waals surface area contributed by atoms with E-state index in [1.807, 2.05) is 51.1 Å². The van der Waals surface area contributed by atoms with Crippen LogP contribution in [-0.4, -0.2) is 11.8 Å². The maximum Gasteiger partial charge on any atom is 0.312 e. The van der Waals surface area contributed by atoms with Crippen molar-refractivity contribution in [3.8, 4) is 0 Å². The Kier molecular flexibility index (Phi) is 4.66. The molecule has 0 aromatic heterocycles. The molecule has 0 saturated carbocycles. The lowest BCUT2D eigenvalue weighted by molar-refractivity contribution is -0.177. The van der Waals surface area contributed by atoms with Gasteiger partial charge in [0.2, 0.25) is 0 Å². The Morgan fingerprint density at radius 1 is 0.810 bits per heavy atom. The molecule has 0 radical (unpaired) electrons. The molecule has 3 heteroatoms. The molecule has 0 amide bonds. The van der Waals surface area contributed by atoms with E-state index in [-0.39, 0.29) is 11.8 Å². The number of hydrogen-bond acceptors (Lipinski definition) is 3. The third-order valence-electron chi connectivity index (χ3n) is 3.35. The number of rotatable bonds is 3. The minimum absolute atomic E-state index is 0.112. The summed E-state index contributed by atoms with van der Waals surface area (Å²) in [5.74, 6) is -0.495. The van der Waals surface area contributed by atoms with Crippen LogP contribution in [0.1, 0.15) is 54.0 Å². The van der Waals surface area contributed by atoms with E-state index in [0.717, 1.165) is 0 Å². The maximum atomic E-state index is 12.9. The summed E-state index contributed by atoms with van der Waals surface area (Å²) >= 11 is 0. The number of carbonyl (C=O) groups is 2. The molecular formula is C18H26O3. The van der Waals surface area contributed by atoms with Crippen molar-refractivity contribution in [2.75, 3.05) is 0 Å². The molecule has 3 nitrogen and oxygen atoms in total. The number of ether oxygens (including phenoxy) is 1. The third kappa shape index (κ3) is 3.93. The monoisotopic (exact) mass is 290 g/mol.